The van der Waals surface area contributed by atoms with Crippen LogP contribution in [0.5, 0.6) is 0 Å². The van der Waals surface area contributed by atoms with Gasteiger partial charge in [0.05, 0.1) is 0 Å². The Morgan fingerprint density at radius 1 is 1.29 bits per heavy atom. The Labute approximate surface area is 82.8 Å². The van der Waals surface area contributed by atoms with Crippen LogP contribution in [-0.4, -0.2) is 5.78 Å². The smallest absolute Gasteiger partial charge is 0.212 e. The number of hydrogen-bond donors (Lipinski definition) is 0. The Bertz CT molecular complexity index is 503. The molecule has 70 valence electrons. The lowest BCUT2D eigenvalue weighted by Gasteiger charge is -1.98. The summed E-state index contributed by atoms with van der Waals surface area (Å²) in [5.74, 6) is 0.110. The van der Waals surface area contributed by atoms with Crippen LogP contribution in [0.25, 0.3) is 10.9 Å². The van der Waals surface area contributed by atoms with Gasteiger partial charge in [0.25, 0.3) is 0 Å². The first kappa shape index (κ1) is 8.88. The van der Waals surface area contributed by atoms with Crippen molar-refractivity contribution in [1.82, 2.24) is 0 Å². The van der Waals surface area contributed by atoms with E-state index < -0.39 is 0 Å². The van der Waals surface area contributed by atoms with Gasteiger partial charge in [-0.2, -0.15) is 0 Å². The molecule has 0 bridgehead atoms. The first-order valence-corrected chi connectivity index (χ1v) is 4.58. The fourth-order valence-corrected chi connectivity index (χ4v) is 1.58. The molecule has 0 radical (unpaired) electrons. The lowest BCUT2D eigenvalue weighted by atomic mass is 10.1. The number of carbonyl (C=O) groups is 1. The zero-order valence-electron chi connectivity index (χ0n) is 8.32. The standard InChI is InChI=1S/C12H12NO/c1-9(14)10-5-6-12-11(8-10)4-3-7-13(12)2/h3-8H,1-2H3/q+1. The molecule has 1 heterocycles. The lowest BCUT2D eigenvalue weighted by molar-refractivity contribution is -0.644. The van der Waals surface area contributed by atoms with Crippen LogP contribution in [0, 0.1) is 0 Å². The summed E-state index contributed by atoms with van der Waals surface area (Å²) >= 11 is 0. The number of nitrogens with zero attached hydrogens (tertiary/aromatic N) is 1. The van der Waals surface area contributed by atoms with Gasteiger partial charge in [0.2, 0.25) is 5.52 Å². The summed E-state index contributed by atoms with van der Waals surface area (Å²) in [5.41, 5.74) is 1.90. The molecule has 0 unspecified atom stereocenters. The fraction of sp³-hybridized carbons (Fsp3) is 0.167. The molecule has 2 heteroatoms. The quantitative estimate of drug-likeness (QED) is 0.492. The number of aryl methyl sites for hydroxylation is 1. The van der Waals surface area contributed by atoms with Crippen molar-refractivity contribution in [2.75, 3.05) is 0 Å². The maximum atomic E-state index is 11.2. The average Bonchev–Trinajstić information content (AvgIpc) is 2.17. The average molecular weight is 186 g/mol. The van der Waals surface area contributed by atoms with Gasteiger partial charge in [0, 0.05) is 23.1 Å². The normalized spacial score (nSPS) is 10.4. The minimum atomic E-state index is 0.110. The van der Waals surface area contributed by atoms with Gasteiger partial charge in [-0.05, 0) is 25.1 Å². The second-order valence-corrected chi connectivity index (χ2v) is 3.45. The maximum absolute atomic E-state index is 11.2. The molecule has 0 atom stereocenters. The molecule has 0 aliphatic rings. The van der Waals surface area contributed by atoms with E-state index in [0.717, 1.165) is 16.5 Å². The Balaban J connectivity index is 2.73. The number of carbonyl (C=O) groups excluding carboxylic acids is 1. The molecular formula is C12H12NO+. The van der Waals surface area contributed by atoms with Crippen LogP contribution in [0.2, 0.25) is 0 Å². The molecule has 0 N–H and O–H groups in total. The maximum Gasteiger partial charge on any atom is 0.212 e. The van der Waals surface area contributed by atoms with Gasteiger partial charge >= 0.3 is 0 Å². The van der Waals surface area contributed by atoms with Gasteiger partial charge in [-0.25, -0.2) is 4.57 Å². The molecule has 1 aromatic heterocycles. The number of aromatic nitrogens is 1. The van der Waals surface area contributed by atoms with Crippen molar-refractivity contribution in [3.05, 3.63) is 42.1 Å². The van der Waals surface area contributed by atoms with Crippen molar-refractivity contribution >= 4 is 16.7 Å². The molecule has 2 aromatic rings. The topological polar surface area (TPSA) is 20.9 Å². The van der Waals surface area contributed by atoms with Crippen LogP contribution in [0.15, 0.2) is 36.5 Å². The number of pyridine rings is 1. The molecular weight excluding hydrogens is 174 g/mol. The van der Waals surface area contributed by atoms with Crippen molar-refractivity contribution in [2.45, 2.75) is 6.92 Å². The minimum absolute atomic E-state index is 0.110. The van der Waals surface area contributed by atoms with E-state index in [4.69, 9.17) is 0 Å². The molecule has 0 aliphatic carbocycles. The van der Waals surface area contributed by atoms with E-state index >= 15 is 0 Å². The molecule has 14 heavy (non-hydrogen) atoms. The van der Waals surface area contributed by atoms with Crippen molar-refractivity contribution < 1.29 is 9.36 Å². The highest BCUT2D eigenvalue weighted by Crippen LogP contribution is 2.12. The van der Waals surface area contributed by atoms with Crippen molar-refractivity contribution in [3.8, 4) is 0 Å². The Kier molecular flexibility index (Phi) is 2.04. The molecule has 0 saturated heterocycles. The zero-order chi connectivity index (χ0) is 10.1. The third kappa shape index (κ3) is 1.39. The predicted octanol–water partition coefficient (Wildman–Crippen LogP) is 1.87. The number of ketones is 1. The van der Waals surface area contributed by atoms with E-state index in [0.29, 0.717) is 0 Å². The third-order valence-electron chi connectivity index (χ3n) is 2.40. The summed E-state index contributed by atoms with van der Waals surface area (Å²) in [7, 11) is 2.00. The van der Waals surface area contributed by atoms with Crippen molar-refractivity contribution in [1.29, 1.82) is 0 Å². The van der Waals surface area contributed by atoms with Crippen LogP contribution in [0.3, 0.4) is 0 Å². The van der Waals surface area contributed by atoms with Gasteiger partial charge in [0.15, 0.2) is 12.0 Å². The Morgan fingerprint density at radius 3 is 2.79 bits per heavy atom. The van der Waals surface area contributed by atoms with Gasteiger partial charge in [-0.15, -0.1) is 0 Å². The Hall–Kier alpha value is -1.70. The highest BCUT2D eigenvalue weighted by Gasteiger charge is 2.06. The fourth-order valence-electron chi connectivity index (χ4n) is 1.58. The summed E-state index contributed by atoms with van der Waals surface area (Å²) in [5, 5.41) is 1.10. The van der Waals surface area contributed by atoms with E-state index in [1.807, 2.05) is 48.1 Å². The predicted molar refractivity (Wildman–Crippen MR) is 55.1 cm³/mol. The summed E-state index contributed by atoms with van der Waals surface area (Å²) in [6, 6.07) is 9.77. The molecule has 0 fully saturated rings. The SMILES string of the molecule is CC(=O)c1ccc2c(ccc[n+]2C)c1. The van der Waals surface area contributed by atoms with E-state index in [2.05, 4.69) is 0 Å². The highest BCUT2D eigenvalue weighted by molar-refractivity contribution is 5.97. The second-order valence-electron chi connectivity index (χ2n) is 3.45. The molecule has 1 aromatic carbocycles. The molecule has 0 saturated carbocycles. The Morgan fingerprint density at radius 2 is 2.07 bits per heavy atom. The largest absolute Gasteiger partial charge is 0.295 e. The number of rotatable bonds is 1. The van der Waals surface area contributed by atoms with Gasteiger partial charge in [-0.3, -0.25) is 4.79 Å². The van der Waals surface area contributed by atoms with Crippen molar-refractivity contribution in [2.24, 2.45) is 7.05 Å². The number of hydrogen-bond acceptors (Lipinski definition) is 1. The number of fused-ring (bicyclic) bond motifs is 1. The zero-order valence-corrected chi connectivity index (χ0v) is 8.32. The third-order valence-corrected chi connectivity index (χ3v) is 2.40. The summed E-state index contributed by atoms with van der Waals surface area (Å²) in [6.07, 6.45) is 2.00. The van der Waals surface area contributed by atoms with Crippen LogP contribution in [0.1, 0.15) is 17.3 Å². The summed E-state index contributed by atoms with van der Waals surface area (Å²) < 4.78 is 2.04. The number of benzene rings is 1. The minimum Gasteiger partial charge on any atom is -0.295 e. The van der Waals surface area contributed by atoms with E-state index in [1.165, 1.54) is 0 Å². The van der Waals surface area contributed by atoms with E-state index in [-0.39, 0.29) is 5.78 Å². The summed E-state index contributed by atoms with van der Waals surface area (Å²) in [6.45, 7) is 1.59. The molecule has 2 rings (SSSR count). The van der Waals surface area contributed by atoms with Crippen LogP contribution in [0.4, 0.5) is 0 Å². The lowest BCUT2D eigenvalue weighted by Crippen LogP contribution is -2.27. The number of Topliss-reactive ketones (excluding diaryl/α,β-unsaturated/α-hetero) is 1. The first-order chi connectivity index (χ1) is 6.68. The van der Waals surface area contributed by atoms with Gasteiger partial charge in [-0.1, -0.05) is 0 Å². The molecule has 0 spiro atoms. The van der Waals surface area contributed by atoms with Gasteiger partial charge < -0.3 is 0 Å². The van der Waals surface area contributed by atoms with E-state index in [9.17, 15) is 4.79 Å². The van der Waals surface area contributed by atoms with Crippen LogP contribution < -0.4 is 4.57 Å². The highest BCUT2D eigenvalue weighted by atomic mass is 16.1. The van der Waals surface area contributed by atoms with Crippen LogP contribution in [-0.2, 0) is 7.05 Å². The van der Waals surface area contributed by atoms with Crippen LogP contribution >= 0.6 is 0 Å². The van der Waals surface area contributed by atoms with Gasteiger partial charge in [0.1, 0.15) is 7.05 Å². The monoisotopic (exact) mass is 186 g/mol. The molecule has 2 nitrogen and oxygen atoms in total. The molecule has 0 aliphatic heterocycles. The first-order valence-electron chi connectivity index (χ1n) is 4.58. The van der Waals surface area contributed by atoms with E-state index in [1.54, 1.807) is 6.92 Å². The summed E-state index contributed by atoms with van der Waals surface area (Å²) in [4.78, 5) is 11.2. The van der Waals surface area contributed by atoms with Crippen molar-refractivity contribution in [3.63, 3.8) is 0 Å². The second kappa shape index (κ2) is 3.22. The molecule has 0 amide bonds.